The molecule has 0 saturated carbocycles. The molecule has 108 valence electrons. The average molecular weight is 288 g/mol. The third-order valence-corrected chi connectivity index (χ3v) is 4.13. The van der Waals surface area contributed by atoms with Crippen LogP contribution in [0.3, 0.4) is 0 Å². The zero-order chi connectivity index (χ0) is 15.3. The van der Waals surface area contributed by atoms with Gasteiger partial charge in [0.15, 0.2) is 0 Å². The summed E-state index contributed by atoms with van der Waals surface area (Å²) >= 11 is 0. The molecule has 22 heavy (non-hydrogen) atoms. The molecule has 0 fully saturated rings. The van der Waals surface area contributed by atoms with E-state index in [1.54, 1.807) is 10.5 Å². The molecule has 0 aliphatic carbocycles. The highest BCUT2D eigenvalue weighted by Gasteiger charge is 2.16. The first-order valence-corrected chi connectivity index (χ1v) is 7.49. The topological polar surface area (TPSA) is 34.4 Å². The normalized spacial score (nSPS) is 11.8. The van der Waals surface area contributed by atoms with Gasteiger partial charge in [-0.3, -0.25) is 9.20 Å². The maximum Gasteiger partial charge on any atom is 0.256 e. The number of rotatable bonds is 2. The minimum Gasteiger partial charge on any atom is -0.269 e. The number of hydrogen-bond donors (Lipinski definition) is 0. The summed E-state index contributed by atoms with van der Waals surface area (Å²) in [7, 11) is 0. The SMILES string of the molecule is CC(C)c1cc2ccc(=O)n3c(-c4ccccc4)nc(c1)c23. The summed E-state index contributed by atoms with van der Waals surface area (Å²) < 4.78 is 1.73. The standard InChI is InChI=1S/C19H16N2O/c1-12(2)15-10-14-8-9-17(22)21-18(14)16(11-15)20-19(21)13-6-4-3-5-7-13/h3-12H,1-2H3. The minimum absolute atomic E-state index is 0.0360. The van der Waals surface area contributed by atoms with Gasteiger partial charge >= 0.3 is 0 Å². The van der Waals surface area contributed by atoms with E-state index < -0.39 is 0 Å². The van der Waals surface area contributed by atoms with Crippen LogP contribution in [0.1, 0.15) is 25.3 Å². The molecule has 4 aromatic rings. The zero-order valence-electron chi connectivity index (χ0n) is 12.6. The van der Waals surface area contributed by atoms with Crippen molar-refractivity contribution in [1.29, 1.82) is 0 Å². The van der Waals surface area contributed by atoms with E-state index in [4.69, 9.17) is 4.98 Å². The fourth-order valence-corrected chi connectivity index (χ4v) is 2.95. The molecule has 0 spiro atoms. The lowest BCUT2D eigenvalue weighted by atomic mass is 10.0. The fraction of sp³-hybridized carbons (Fsp3) is 0.158. The van der Waals surface area contributed by atoms with Gasteiger partial charge in [0.1, 0.15) is 5.82 Å². The summed E-state index contributed by atoms with van der Waals surface area (Å²) in [6.07, 6.45) is 0. The van der Waals surface area contributed by atoms with Crippen LogP contribution in [0.25, 0.3) is 27.8 Å². The van der Waals surface area contributed by atoms with Crippen molar-refractivity contribution in [2.45, 2.75) is 19.8 Å². The third kappa shape index (κ3) is 1.82. The maximum atomic E-state index is 12.4. The van der Waals surface area contributed by atoms with E-state index in [1.807, 2.05) is 36.4 Å². The van der Waals surface area contributed by atoms with Crippen LogP contribution < -0.4 is 5.56 Å². The predicted molar refractivity (Wildman–Crippen MR) is 89.7 cm³/mol. The molecule has 3 nitrogen and oxygen atoms in total. The molecular weight excluding hydrogens is 272 g/mol. The van der Waals surface area contributed by atoms with Gasteiger partial charge in [-0.1, -0.05) is 44.2 Å². The van der Waals surface area contributed by atoms with Crippen molar-refractivity contribution in [3.05, 3.63) is 70.5 Å². The average Bonchev–Trinajstić information content (AvgIpc) is 2.92. The molecule has 3 heteroatoms. The Balaban J connectivity index is 2.16. The van der Waals surface area contributed by atoms with Crippen LogP contribution in [0.2, 0.25) is 0 Å². The van der Waals surface area contributed by atoms with Crippen LogP contribution in [0, 0.1) is 0 Å². The first-order chi connectivity index (χ1) is 10.6. The summed E-state index contributed by atoms with van der Waals surface area (Å²) in [6.45, 7) is 4.33. The fourth-order valence-electron chi connectivity index (χ4n) is 2.95. The molecule has 0 bridgehead atoms. The molecule has 0 N–H and O–H groups in total. The van der Waals surface area contributed by atoms with E-state index in [-0.39, 0.29) is 5.56 Å². The van der Waals surface area contributed by atoms with Gasteiger partial charge in [0.2, 0.25) is 0 Å². The van der Waals surface area contributed by atoms with Gasteiger partial charge in [-0.05, 0) is 29.7 Å². The van der Waals surface area contributed by atoms with Gasteiger partial charge in [0.05, 0.1) is 11.0 Å². The van der Waals surface area contributed by atoms with Gasteiger partial charge in [0.25, 0.3) is 5.56 Å². The second-order valence-corrected chi connectivity index (χ2v) is 5.94. The van der Waals surface area contributed by atoms with Crippen molar-refractivity contribution in [2.24, 2.45) is 0 Å². The lowest BCUT2D eigenvalue weighted by molar-refractivity contribution is 0.869. The highest BCUT2D eigenvalue weighted by Crippen LogP contribution is 2.29. The molecule has 0 radical (unpaired) electrons. The Morgan fingerprint density at radius 3 is 2.50 bits per heavy atom. The van der Waals surface area contributed by atoms with Crippen molar-refractivity contribution in [3.8, 4) is 11.4 Å². The Morgan fingerprint density at radius 1 is 1.00 bits per heavy atom. The van der Waals surface area contributed by atoms with Crippen molar-refractivity contribution in [2.75, 3.05) is 0 Å². The van der Waals surface area contributed by atoms with Crippen LogP contribution in [-0.4, -0.2) is 9.38 Å². The van der Waals surface area contributed by atoms with Crippen LogP contribution in [0.5, 0.6) is 0 Å². The lowest BCUT2D eigenvalue weighted by Gasteiger charge is -2.07. The van der Waals surface area contributed by atoms with Crippen LogP contribution >= 0.6 is 0 Å². The molecule has 0 unspecified atom stereocenters. The van der Waals surface area contributed by atoms with Crippen molar-refractivity contribution >= 4 is 16.4 Å². The Kier molecular flexibility index (Phi) is 2.76. The number of benzene rings is 2. The molecule has 2 aromatic carbocycles. The van der Waals surface area contributed by atoms with Gasteiger partial charge in [-0.25, -0.2) is 4.98 Å². The van der Waals surface area contributed by atoms with Gasteiger partial charge in [-0.15, -0.1) is 0 Å². The summed E-state index contributed by atoms with van der Waals surface area (Å²) in [4.78, 5) is 17.1. The monoisotopic (exact) mass is 288 g/mol. The van der Waals surface area contributed by atoms with E-state index in [1.165, 1.54) is 5.56 Å². The Morgan fingerprint density at radius 2 is 1.77 bits per heavy atom. The molecule has 0 aliphatic rings. The van der Waals surface area contributed by atoms with E-state index >= 15 is 0 Å². The second kappa shape index (κ2) is 4.67. The number of imidazole rings is 1. The van der Waals surface area contributed by atoms with Gasteiger partial charge in [-0.2, -0.15) is 0 Å². The van der Waals surface area contributed by atoms with Gasteiger partial charge < -0.3 is 0 Å². The minimum atomic E-state index is -0.0360. The molecule has 0 amide bonds. The van der Waals surface area contributed by atoms with Crippen LogP contribution in [0.15, 0.2) is 59.4 Å². The summed E-state index contributed by atoms with van der Waals surface area (Å²) in [6, 6.07) is 17.6. The van der Waals surface area contributed by atoms with Crippen LogP contribution in [-0.2, 0) is 0 Å². The van der Waals surface area contributed by atoms with Crippen molar-refractivity contribution in [1.82, 2.24) is 9.38 Å². The van der Waals surface area contributed by atoms with E-state index in [9.17, 15) is 4.79 Å². The highest BCUT2D eigenvalue weighted by atomic mass is 16.1. The molecule has 4 rings (SSSR count). The van der Waals surface area contributed by atoms with Crippen LogP contribution in [0.4, 0.5) is 0 Å². The number of hydrogen-bond acceptors (Lipinski definition) is 2. The first kappa shape index (κ1) is 13.0. The zero-order valence-corrected chi connectivity index (χ0v) is 12.6. The van der Waals surface area contributed by atoms with E-state index in [2.05, 4.69) is 26.0 Å². The molecule has 0 saturated heterocycles. The van der Waals surface area contributed by atoms with E-state index in [0.717, 1.165) is 22.0 Å². The quantitative estimate of drug-likeness (QED) is 0.557. The molecule has 0 atom stereocenters. The molecular formula is C19H16N2O. The summed E-state index contributed by atoms with van der Waals surface area (Å²) in [5.74, 6) is 1.14. The second-order valence-electron chi connectivity index (χ2n) is 5.94. The Bertz CT molecular complexity index is 1020. The largest absolute Gasteiger partial charge is 0.269 e. The van der Waals surface area contributed by atoms with E-state index in [0.29, 0.717) is 11.7 Å². The Labute approximate surface area is 128 Å². The van der Waals surface area contributed by atoms with Crippen molar-refractivity contribution < 1.29 is 0 Å². The number of pyridine rings is 1. The summed E-state index contributed by atoms with van der Waals surface area (Å²) in [5.41, 5.74) is 3.96. The first-order valence-electron chi connectivity index (χ1n) is 7.49. The number of nitrogens with zero attached hydrogens (tertiary/aromatic N) is 2. The predicted octanol–water partition coefficient (Wildman–Crippen LogP) is 4.08. The van der Waals surface area contributed by atoms with Gasteiger partial charge in [0, 0.05) is 17.0 Å². The van der Waals surface area contributed by atoms with Crippen molar-refractivity contribution in [3.63, 3.8) is 0 Å². The summed E-state index contributed by atoms with van der Waals surface area (Å²) in [5, 5.41) is 1.07. The molecule has 0 aliphatic heterocycles. The highest BCUT2D eigenvalue weighted by molar-refractivity contribution is 5.96. The smallest absolute Gasteiger partial charge is 0.256 e. The molecule has 2 heterocycles. The Hall–Kier alpha value is -2.68. The third-order valence-electron chi connectivity index (χ3n) is 4.13. The number of aromatic nitrogens is 2. The lowest BCUT2D eigenvalue weighted by Crippen LogP contribution is -2.11. The molecule has 2 aromatic heterocycles. The maximum absolute atomic E-state index is 12.4.